The van der Waals surface area contributed by atoms with Gasteiger partial charge in [0.1, 0.15) is 11.5 Å². The maximum atomic E-state index is 13.4. The number of Topliss-reactive ketones (excluding diaryl/α,β-unsaturated/α-hetero) is 1. The van der Waals surface area contributed by atoms with E-state index in [-0.39, 0.29) is 22.9 Å². The van der Waals surface area contributed by atoms with E-state index in [9.17, 15) is 9.59 Å². The third kappa shape index (κ3) is 4.16. The molecule has 4 heterocycles. The fraction of sp³-hybridized carbons (Fsp3) is 0.480. The van der Waals surface area contributed by atoms with Crippen LogP contribution in [0.2, 0.25) is 0 Å². The fourth-order valence-electron chi connectivity index (χ4n) is 5.12. The second-order valence-corrected chi connectivity index (χ2v) is 9.42. The van der Waals surface area contributed by atoms with Crippen LogP contribution in [0.3, 0.4) is 0 Å². The molecular weight excluding hydrogens is 430 g/mol. The molecule has 0 unspecified atom stereocenters. The van der Waals surface area contributed by atoms with Crippen LogP contribution < -0.4 is 15.8 Å². The molecule has 1 saturated carbocycles. The van der Waals surface area contributed by atoms with Gasteiger partial charge in [0, 0.05) is 43.8 Å². The number of anilines is 3. The lowest BCUT2D eigenvalue weighted by Crippen LogP contribution is -2.44. The Morgan fingerprint density at radius 1 is 1.06 bits per heavy atom. The fourth-order valence-corrected chi connectivity index (χ4v) is 5.12. The molecule has 9 heteroatoms. The van der Waals surface area contributed by atoms with Crippen LogP contribution >= 0.6 is 0 Å². The number of hydrogen-bond donors (Lipinski definition) is 1. The standard InChI is InChI=1S/C25H31N7O2/c1-16-20-15-27-25(28-18-8-9-21(26-14-18)31-12-10-30(3)11-13-31)29-23(20)32(19-6-4-5-7-19)24(34)22(16)17(2)33/h8-9,14-15,19H,4-7,10-13H2,1-3H3,(H,27,28,29). The molecule has 3 aromatic rings. The number of hydrogen-bond acceptors (Lipinski definition) is 8. The van der Waals surface area contributed by atoms with Crippen molar-refractivity contribution in [1.82, 2.24) is 24.4 Å². The summed E-state index contributed by atoms with van der Waals surface area (Å²) < 4.78 is 1.73. The van der Waals surface area contributed by atoms with E-state index in [2.05, 4.69) is 32.1 Å². The molecule has 34 heavy (non-hydrogen) atoms. The Balaban J connectivity index is 1.48. The molecule has 0 bridgehead atoms. The highest BCUT2D eigenvalue weighted by Crippen LogP contribution is 2.32. The normalized spacial score (nSPS) is 17.4. The Hall–Kier alpha value is -3.33. The van der Waals surface area contributed by atoms with Gasteiger partial charge in [0.05, 0.1) is 17.4 Å². The summed E-state index contributed by atoms with van der Waals surface area (Å²) in [6, 6.07) is 4.04. The van der Waals surface area contributed by atoms with Gasteiger partial charge >= 0.3 is 0 Å². The minimum absolute atomic E-state index is 0.0565. The second-order valence-electron chi connectivity index (χ2n) is 9.42. The molecule has 0 amide bonds. The minimum atomic E-state index is -0.243. The van der Waals surface area contributed by atoms with Gasteiger partial charge < -0.3 is 15.1 Å². The first-order valence-electron chi connectivity index (χ1n) is 12.0. The zero-order valence-electron chi connectivity index (χ0n) is 20.0. The Bertz CT molecular complexity index is 1270. The molecule has 3 aromatic heterocycles. The summed E-state index contributed by atoms with van der Waals surface area (Å²) in [7, 11) is 2.13. The Morgan fingerprint density at radius 3 is 2.44 bits per heavy atom. The van der Waals surface area contributed by atoms with Crippen molar-refractivity contribution >= 4 is 34.3 Å². The van der Waals surface area contributed by atoms with Gasteiger partial charge in [-0.2, -0.15) is 4.98 Å². The van der Waals surface area contributed by atoms with Crippen molar-refractivity contribution in [2.24, 2.45) is 0 Å². The lowest BCUT2D eigenvalue weighted by atomic mass is 10.0. The van der Waals surface area contributed by atoms with Crippen molar-refractivity contribution in [3.8, 4) is 0 Å². The van der Waals surface area contributed by atoms with E-state index in [4.69, 9.17) is 4.98 Å². The first kappa shape index (κ1) is 22.5. The van der Waals surface area contributed by atoms with Crippen LogP contribution in [-0.2, 0) is 0 Å². The van der Waals surface area contributed by atoms with Crippen molar-refractivity contribution in [1.29, 1.82) is 0 Å². The number of ketones is 1. The summed E-state index contributed by atoms with van der Waals surface area (Å²) in [4.78, 5) is 44.1. The van der Waals surface area contributed by atoms with Crippen molar-refractivity contribution in [2.75, 3.05) is 43.4 Å². The number of likely N-dealkylation sites (N-methyl/N-ethyl adjacent to an activating group) is 1. The van der Waals surface area contributed by atoms with Crippen LogP contribution in [0.25, 0.3) is 11.0 Å². The van der Waals surface area contributed by atoms with Crippen molar-refractivity contribution in [2.45, 2.75) is 45.6 Å². The largest absolute Gasteiger partial charge is 0.354 e. The van der Waals surface area contributed by atoms with Crippen LogP contribution in [0.4, 0.5) is 17.5 Å². The van der Waals surface area contributed by atoms with Crippen LogP contribution in [0.15, 0.2) is 29.3 Å². The van der Waals surface area contributed by atoms with E-state index in [1.807, 2.05) is 12.1 Å². The van der Waals surface area contributed by atoms with E-state index in [1.165, 1.54) is 6.92 Å². The molecule has 1 aliphatic carbocycles. The van der Waals surface area contributed by atoms with Crippen LogP contribution in [-0.4, -0.2) is 63.4 Å². The summed E-state index contributed by atoms with van der Waals surface area (Å²) in [5.74, 6) is 1.15. The molecular formula is C25H31N7O2. The number of nitrogens with zero attached hydrogens (tertiary/aromatic N) is 6. The van der Waals surface area contributed by atoms with Gasteiger partial charge in [0.25, 0.3) is 5.56 Å². The molecule has 0 spiro atoms. The van der Waals surface area contributed by atoms with Gasteiger partial charge in [-0.15, -0.1) is 0 Å². The predicted octanol–water partition coefficient (Wildman–Crippen LogP) is 3.31. The summed E-state index contributed by atoms with van der Waals surface area (Å²) in [6.45, 7) is 7.23. The quantitative estimate of drug-likeness (QED) is 0.578. The summed E-state index contributed by atoms with van der Waals surface area (Å²) >= 11 is 0. The average Bonchev–Trinajstić information content (AvgIpc) is 3.34. The van der Waals surface area contributed by atoms with Gasteiger partial charge in [-0.05, 0) is 51.4 Å². The van der Waals surface area contributed by atoms with E-state index in [0.717, 1.165) is 68.8 Å². The maximum Gasteiger partial charge on any atom is 0.263 e. The first-order valence-corrected chi connectivity index (χ1v) is 12.0. The molecule has 0 atom stereocenters. The highest BCUT2D eigenvalue weighted by atomic mass is 16.1. The molecule has 2 fully saturated rings. The third-order valence-corrected chi connectivity index (χ3v) is 7.08. The van der Waals surface area contributed by atoms with Crippen LogP contribution in [0.5, 0.6) is 0 Å². The molecule has 9 nitrogen and oxygen atoms in total. The smallest absolute Gasteiger partial charge is 0.263 e. The predicted molar refractivity (Wildman–Crippen MR) is 133 cm³/mol. The number of fused-ring (bicyclic) bond motifs is 1. The minimum Gasteiger partial charge on any atom is -0.354 e. The maximum absolute atomic E-state index is 13.4. The SMILES string of the molecule is CC(=O)c1c(C)c2cnc(Nc3ccc(N4CCN(C)CC4)nc3)nc2n(C2CCCC2)c1=O. The highest BCUT2D eigenvalue weighted by molar-refractivity contribution is 5.99. The lowest BCUT2D eigenvalue weighted by Gasteiger charge is -2.33. The van der Waals surface area contributed by atoms with Crippen molar-refractivity contribution in [3.63, 3.8) is 0 Å². The first-order chi connectivity index (χ1) is 16.4. The second kappa shape index (κ2) is 9.13. The molecule has 0 radical (unpaired) electrons. The number of aryl methyl sites for hydroxylation is 1. The summed E-state index contributed by atoms with van der Waals surface area (Å²) in [5, 5.41) is 3.98. The van der Waals surface area contributed by atoms with Gasteiger partial charge in [-0.25, -0.2) is 9.97 Å². The molecule has 0 aromatic carbocycles. The van der Waals surface area contributed by atoms with E-state index < -0.39 is 0 Å². The topological polar surface area (TPSA) is 96.2 Å². The Labute approximate surface area is 198 Å². The van der Waals surface area contributed by atoms with Crippen molar-refractivity contribution < 1.29 is 4.79 Å². The lowest BCUT2D eigenvalue weighted by molar-refractivity contribution is 0.101. The van der Waals surface area contributed by atoms with Crippen LogP contribution in [0.1, 0.15) is 54.6 Å². The zero-order chi connectivity index (χ0) is 23.8. The number of pyridine rings is 2. The van der Waals surface area contributed by atoms with E-state index >= 15 is 0 Å². The van der Waals surface area contributed by atoms with Gasteiger partial charge in [0.2, 0.25) is 5.95 Å². The molecule has 1 saturated heterocycles. The van der Waals surface area contributed by atoms with E-state index in [0.29, 0.717) is 17.2 Å². The molecule has 2 aliphatic rings. The number of piperazine rings is 1. The highest BCUT2D eigenvalue weighted by Gasteiger charge is 2.26. The van der Waals surface area contributed by atoms with Gasteiger partial charge in [-0.3, -0.25) is 14.2 Å². The number of nitrogens with one attached hydrogen (secondary N) is 1. The Kier molecular flexibility index (Phi) is 6.03. The van der Waals surface area contributed by atoms with E-state index in [1.54, 1.807) is 23.9 Å². The van der Waals surface area contributed by atoms with Gasteiger partial charge in [-0.1, -0.05) is 12.8 Å². The summed E-state index contributed by atoms with van der Waals surface area (Å²) in [6.07, 6.45) is 7.48. The van der Waals surface area contributed by atoms with Crippen LogP contribution in [0, 0.1) is 6.92 Å². The molecule has 5 rings (SSSR count). The number of carbonyl (C=O) groups excluding carboxylic acids is 1. The average molecular weight is 462 g/mol. The van der Waals surface area contributed by atoms with Crippen molar-refractivity contribution in [3.05, 3.63) is 46.0 Å². The third-order valence-electron chi connectivity index (χ3n) is 7.08. The Morgan fingerprint density at radius 2 is 1.79 bits per heavy atom. The number of carbonyl (C=O) groups is 1. The van der Waals surface area contributed by atoms with Gasteiger partial charge in [0.15, 0.2) is 5.78 Å². The summed E-state index contributed by atoms with van der Waals surface area (Å²) in [5.41, 5.74) is 2.01. The zero-order valence-corrected chi connectivity index (χ0v) is 20.0. The molecule has 178 valence electrons. The number of rotatable bonds is 5. The number of aromatic nitrogens is 4. The molecule has 1 aliphatic heterocycles. The molecule has 1 N–H and O–H groups in total. The monoisotopic (exact) mass is 461 g/mol.